The van der Waals surface area contributed by atoms with E-state index in [0.29, 0.717) is 11.3 Å². The number of ether oxygens (including phenoxy) is 1. The number of carbonyl (C=O) groups is 2. The van der Waals surface area contributed by atoms with E-state index in [9.17, 15) is 18.0 Å². The van der Waals surface area contributed by atoms with Crippen LogP contribution < -0.4 is 4.72 Å². The molecule has 1 aromatic carbocycles. The van der Waals surface area contributed by atoms with Crippen molar-refractivity contribution >= 4 is 33.1 Å². The first-order valence-electron chi connectivity index (χ1n) is 8.12. The Hall–Kier alpha value is -2.03. The fraction of sp³-hybridized carbons (Fsp3) is 0.333. The molecule has 6 nitrogen and oxygen atoms in total. The Morgan fingerprint density at radius 1 is 1.15 bits per heavy atom. The Morgan fingerprint density at radius 2 is 1.81 bits per heavy atom. The topological polar surface area (TPSA) is 89.5 Å². The number of ketones is 1. The predicted octanol–water partition coefficient (Wildman–Crippen LogP) is 3.17. The van der Waals surface area contributed by atoms with Crippen molar-refractivity contribution in [1.29, 1.82) is 0 Å². The van der Waals surface area contributed by atoms with Gasteiger partial charge < -0.3 is 4.74 Å². The Kier molecular flexibility index (Phi) is 6.69. The number of rotatable bonds is 8. The minimum Gasteiger partial charge on any atom is -0.454 e. The predicted molar refractivity (Wildman–Crippen MR) is 100 cm³/mol. The van der Waals surface area contributed by atoms with E-state index in [4.69, 9.17) is 4.74 Å². The fourth-order valence-corrected chi connectivity index (χ4v) is 4.18. The Bertz CT molecular complexity index is 885. The largest absolute Gasteiger partial charge is 0.454 e. The zero-order valence-electron chi connectivity index (χ0n) is 14.8. The third kappa shape index (κ3) is 5.23. The van der Waals surface area contributed by atoms with Crippen molar-refractivity contribution in [2.75, 3.05) is 6.61 Å². The van der Waals surface area contributed by atoms with Crippen molar-refractivity contribution in [1.82, 2.24) is 4.72 Å². The summed E-state index contributed by atoms with van der Waals surface area (Å²) in [5.41, 5.74) is 0.183. The van der Waals surface area contributed by atoms with Crippen LogP contribution in [-0.2, 0) is 14.8 Å². The molecule has 8 heteroatoms. The lowest BCUT2D eigenvalue weighted by molar-refractivity contribution is 0.0475. The summed E-state index contributed by atoms with van der Waals surface area (Å²) in [5.74, 6) is -0.945. The van der Waals surface area contributed by atoms with Gasteiger partial charge in [-0.05, 0) is 56.7 Å². The van der Waals surface area contributed by atoms with Crippen LogP contribution in [0.4, 0.5) is 0 Å². The van der Waals surface area contributed by atoms with E-state index in [1.165, 1.54) is 35.6 Å². The second-order valence-corrected chi connectivity index (χ2v) is 8.87. The minimum atomic E-state index is -3.63. The highest BCUT2D eigenvalue weighted by Gasteiger charge is 2.18. The van der Waals surface area contributed by atoms with Crippen LogP contribution in [0.1, 0.15) is 45.2 Å². The third-order valence-electron chi connectivity index (χ3n) is 3.72. The van der Waals surface area contributed by atoms with E-state index in [2.05, 4.69) is 4.72 Å². The normalized spacial score (nSPS) is 12.6. The molecule has 26 heavy (non-hydrogen) atoms. The highest BCUT2D eigenvalue weighted by Crippen LogP contribution is 2.16. The van der Waals surface area contributed by atoms with Crippen molar-refractivity contribution in [3.8, 4) is 0 Å². The van der Waals surface area contributed by atoms with Crippen molar-refractivity contribution in [3.05, 3.63) is 51.7 Å². The zero-order valence-corrected chi connectivity index (χ0v) is 16.4. The SMILES string of the molecule is CC[C@@H](C)NS(=O)(=O)c1ccc(C(=O)OCC(=O)c2ccc(C)s2)cc1. The molecular weight excluding hydrogens is 374 g/mol. The van der Waals surface area contributed by atoms with Gasteiger partial charge in [0.1, 0.15) is 0 Å². The van der Waals surface area contributed by atoms with E-state index >= 15 is 0 Å². The second kappa shape index (κ2) is 8.57. The minimum absolute atomic E-state index is 0.0690. The molecule has 0 amide bonds. The average Bonchev–Trinajstić information content (AvgIpc) is 3.05. The van der Waals surface area contributed by atoms with E-state index in [-0.39, 0.29) is 28.9 Å². The van der Waals surface area contributed by atoms with Gasteiger partial charge in [0, 0.05) is 10.9 Å². The standard InChI is InChI=1S/C18H21NO5S2/c1-4-12(2)19-26(22,23)15-8-6-14(7-9-15)18(21)24-11-16(20)17-10-5-13(3)25-17/h5-10,12,19H,4,11H2,1-3H3/t12-/m1/s1. The van der Waals surface area contributed by atoms with Gasteiger partial charge in [-0.25, -0.2) is 17.9 Å². The van der Waals surface area contributed by atoms with E-state index in [1.807, 2.05) is 19.9 Å². The molecule has 0 aliphatic rings. The molecule has 1 N–H and O–H groups in total. The number of benzene rings is 1. The molecule has 0 bridgehead atoms. The number of esters is 1. The van der Waals surface area contributed by atoms with Gasteiger partial charge in [-0.15, -0.1) is 11.3 Å². The molecule has 1 aromatic heterocycles. The van der Waals surface area contributed by atoms with Crippen molar-refractivity contribution in [2.45, 2.75) is 38.1 Å². The molecule has 0 saturated heterocycles. The van der Waals surface area contributed by atoms with Crippen molar-refractivity contribution in [3.63, 3.8) is 0 Å². The van der Waals surface area contributed by atoms with Crippen LogP contribution in [0, 0.1) is 6.92 Å². The molecule has 0 aliphatic carbocycles. The van der Waals surface area contributed by atoms with E-state index < -0.39 is 16.0 Å². The van der Waals surface area contributed by atoms with Gasteiger partial charge in [-0.3, -0.25) is 4.79 Å². The first-order valence-corrected chi connectivity index (χ1v) is 10.4. The van der Waals surface area contributed by atoms with Crippen LogP contribution in [0.3, 0.4) is 0 Å². The number of Topliss-reactive ketones (excluding diaryl/α,β-unsaturated/α-hetero) is 1. The fourth-order valence-electron chi connectivity index (χ4n) is 2.06. The quantitative estimate of drug-likeness (QED) is 0.548. The number of hydrogen-bond acceptors (Lipinski definition) is 6. The molecule has 2 rings (SSSR count). The number of nitrogens with one attached hydrogen (secondary N) is 1. The molecule has 1 atom stereocenters. The Morgan fingerprint density at radius 3 is 2.35 bits per heavy atom. The molecule has 0 aliphatic heterocycles. The number of sulfonamides is 1. The van der Waals surface area contributed by atoms with Crippen LogP contribution >= 0.6 is 11.3 Å². The monoisotopic (exact) mass is 395 g/mol. The number of aryl methyl sites for hydroxylation is 1. The maximum absolute atomic E-state index is 12.2. The second-order valence-electron chi connectivity index (χ2n) is 5.86. The molecule has 0 spiro atoms. The van der Waals surface area contributed by atoms with Gasteiger partial charge in [-0.2, -0.15) is 0 Å². The summed E-state index contributed by atoms with van der Waals surface area (Å²) in [6.07, 6.45) is 0.668. The summed E-state index contributed by atoms with van der Waals surface area (Å²) < 4.78 is 31.9. The van der Waals surface area contributed by atoms with Gasteiger partial charge in [0.25, 0.3) is 0 Å². The average molecular weight is 396 g/mol. The maximum atomic E-state index is 12.2. The Labute approximate surface area is 157 Å². The summed E-state index contributed by atoms with van der Waals surface area (Å²) >= 11 is 1.34. The van der Waals surface area contributed by atoms with Crippen molar-refractivity contribution < 1.29 is 22.7 Å². The summed E-state index contributed by atoms with van der Waals surface area (Å²) in [4.78, 5) is 25.6. The van der Waals surface area contributed by atoms with Crippen LogP contribution in [0.15, 0.2) is 41.3 Å². The molecule has 0 unspecified atom stereocenters. The lowest BCUT2D eigenvalue weighted by Gasteiger charge is -2.12. The molecule has 0 radical (unpaired) electrons. The lowest BCUT2D eigenvalue weighted by atomic mass is 10.2. The lowest BCUT2D eigenvalue weighted by Crippen LogP contribution is -2.32. The summed E-state index contributed by atoms with van der Waals surface area (Å²) in [5, 5.41) is 0. The number of hydrogen-bond donors (Lipinski definition) is 1. The van der Waals surface area contributed by atoms with Crippen LogP contribution in [-0.4, -0.2) is 32.8 Å². The summed E-state index contributed by atoms with van der Waals surface area (Å²) in [6.45, 7) is 5.19. The van der Waals surface area contributed by atoms with Crippen LogP contribution in [0.25, 0.3) is 0 Å². The Balaban J connectivity index is 1.99. The highest BCUT2D eigenvalue weighted by molar-refractivity contribution is 7.89. The van der Waals surface area contributed by atoms with Gasteiger partial charge in [0.05, 0.1) is 15.3 Å². The smallest absolute Gasteiger partial charge is 0.338 e. The number of thiophene rings is 1. The highest BCUT2D eigenvalue weighted by atomic mass is 32.2. The molecule has 140 valence electrons. The molecule has 2 aromatic rings. The molecule has 1 heterocycles. The third-order valence-corrected chi connectivity index (χ3v) is 6.37. The van der Waals surface area contributed by atoms with Crippen LogP contribution in [0.2, 0.25) is 0 Å². The van der Waals surface area contributed by atoms with Crippen molar-refractivity contribution in [2.24, 2.45) is 0 Å². The van der Waals surface area contributed by atoms with E-state index in [0.717, 1.165) is 4.88 Å². The maximum Gasteiger partial charge on any atom is 0.338 e. The molecule has 0 saturated carbocycles. The molecular formula is C18H21NO5S2. The van der Waals surface area contributed by atoms with E-state index in [1.54, 1.807) is 13.0 Å². The number of carbonyl (C=O) groups excluding carboxylic acids is 2. The van der Waals surface area contributed by atoms with Gasteiger partial charge in [0.2, 0.25) is 15.8 Å². The van der Waals surface area contributed by atoms with Gasteiger partial charge >= 0.3 is 5.97 Å². The van der Waals surface area contributed by atoms with Gasteiger partial charge in [0.15, 0.2) is 6.61 Å². The van der Waals surface area contributed by atoms with Crippen LogP contribution in [0.5, 0.6) is 0 Å². The van der Waals surface area contributed by atoms with Gasteiger partial charge in [-0.1, -0.05) is 6.92 Å². The first kappa shape index (κ1) is 20.3. The zero-order chi connectivity index (χ0) is 19.3. The first-order chi connectivity index (χ1) is 12.2. The summed E-state index contributed by atoms with van der Waals surface area (Å²) in [7, 11) is -3.63. The molecule has 0 fully saturated rings. The summed E-state index contributed by atoms with van der Waals surface area (Å²) in [6, 6.07) is 8.75.